The summed E-state index contributed by atoms with van der Waals surface area (Å²) in [5, 5.41) is 0. The van der Waals surface area contributed by atoms with E-state index >= 15 is 0 Å². The first-order valence-electron chi connectivity index (χ1n) is 6.31. The van der Waals surface area contributed by atoms with E-state index in [1.807, 2.05) is 18.2 Å². The Bertz CT molecular complexity index is 282. The van der Waals surface area contributed by atoms with Crippen LogP contribution < -0.4 is 0 Å². The van der Waals surface area contributed by atoms with Gasteiger partial charge in [0, 0.05) is 13.2 Å². The molecule has 1 aromatic rings. The lowest BCUT2D eigenvalue weighted by atomic mass is 10.2. The maximum absolute atomic E-state index is 8.52. The molecule has 1 N–H and O–H groups in total. The van der Waals surface area contributed by atoms with Crippen molar-refractivity contribution < 1.29 is 18.7 Å². The third kappa shape index (κ3) is 8.38. The van der Waals surface area contributed by atoms with Gasteiger partial charge in [0.05, 0.1) is 19.8 Å². The third-order valence-corrected chi connectivity index (χ3v) is 2.89. The average molecular weight is 270 g/mol. The maximum Gasteiger partial charge on any atom is 0.301 e. The fraction of sp³-hybridized carbons (Fsp3) is 0.538. The highest BCUT2D eigenvalue weighted by Gasteiger charge is 1.93. The van der Waals surface area contributed by atoms with Gasteiger partial charge in [-0.05, 0) is 18.4 Å². The van der Waals surface area contributed by atoms with Crippen LogP contribution in [0.25, 0.3) is 0 Å². The second-order valence-corrected chi connectivity index (χ2v) is 4.52. The van der Waals surface area contributed by atoms with Gasteiger partial charge in [0.15, 0.2) is 0 Å². The predicted octanol–water partition coefficient (Wildman–Crippen LogP) is 0.660. The smallest absolute Gasteiger partial charge is 0.301 e. The molecule has 0 aromatic heterocycles. The van der Waals surface area contributed by atoms with E-state index in [0.29, 0.717) is 26.4 Å². The van der Waals surface area contributed by atoms with Gasteiger partial charge in [0.25, 0.3) is 0 Å². The molecule has 0 aliphatic carbocycles. The van der Waals surface area contributed by atoms with E-state index in [-0.39, 0.29) is 0 Å². The first-order chi connectivity index (χ1) is 8.93. The summed E-state index contributed by atoms with van der Waals surface area (Å²) >= 11 is 0. The maximum atomic E-state index is 8.52. The van der Waals surface area contributed by atoms with Gasteiger partial charge in [0.2, 0.25) is 0 Å². The van der Waals surface area contributed by atoms with Crippen LogP contribution in [-0.4, -0.2) is 47.8 Å². The minimum absolute atomic E-state index is 0.595. The summed E-state index contributed by atoms with van der Waals surface area (Å²) in [6.45, 7) is 3.23. The lowest BCUT2D eigenvalue weighted by Gasteiger charge is -2.06. The SMILES string of the molecule is O[SiH2]OCCCOCCOCCc1ccccc1. The van der Waals surface area contributed by atoms with Crippen LogP contribution in [0.3, 0.4) is 0 Å². The van der Waals surface area contributed by atoms with Crippen molar-refractivity contribution in [3.8, 4) is 0 Å². The Morgan fingerprint density at radius 3 is 2.33 bits per heavy atom. The van der Waals surface area contributed by atoms with E-state index in [9.17, 15) is 0 Å². The lowest BCUT2D eigenvalue weighted by Crippen LogP contribution is -2.09. The first kappa shape index (κ1) is 15.3. The quantitative estimate of drug-likeness (QED) is 0.474. The van der Waals surface area contributed by atoms with Crippen molar-refractivity contribution in [2.45, 2.75) is 12.8 Å². The fourth-order valence-electron chi connectivity index (χ4n) is 1.48. The molecule has 0 amide bonds. The first-order valence-corrected chi connectivity index (χ1v) is 7.52. The number of hydrogen-bond donors (Lipinski definition) is 1. The predicted molar refractivity (Wildman–Crippen MR) is 73.1 cm³/mol. The van der Waals surface area contributed by atoms with Gasteiger partial charge in [-0.1, -0.05) is 30.3 Å². The van der Waals surface area contributed by atoms with Crippen molar-refractivity contribution in [2.75, 3.05) is 33.0 Å². The molecule has 0 aliphatic rings. The van der Waals surface area contributed by atoms with E-state index in [4.69, 9.17) is 18.7 Å². The molecule has 102 valence electrons. The molecule has 0 radical (unpaired) electrons. The molecule has 0 aliphatic heterocycles. The molecule has 18 heavy (non-hydrogen) atoms. The summed E-state index contributed by atoms with van der Waals surface area (Å²) in [4.78, 5) is 8.52. The molecular formula is C13H22O4Si. The van der Waals surface area contributed by atoms with E-state index in [2.05, 4.69) is 12.1 Å². The Morgan fingerprint density at radius 1 is 0.889 bits per heavy atom. The van der Waals surface area contributed by atoms with Crippen molar-refractivity contribution in [1.29, 1.82) is 0 Å². The fourth-order valence-corrected chi connectivity index (χ4v) is 1.82. The van der Waals surface area contributed by atoms with Gasteiger partial charge in [-0.3, -0.25) is 0 Å². The van der Waals surface area contributed by atoms with Gasteiger partial charge in [-0.25, -0.2) is 0 Å². The van der Waals surface area contributed by atoms with Gasteiger partial charge < -0.3 is 18.7 Å². The summed E-state index contributed by atoms with van der Waals surface area (Å²) in [7, 11) is -1.24. The summed E-state index contributed by atoms with van der Waals surface area (Å²) < 4.78 is 15.7. The summed E-state index contributed by atoms with van der Waals surface area (Å²) in [6, 6.07) is 10.3. The Morgan fingerprint density at radius 2 is 1.61 bits per heavy atom. The second kappa shape index (κ2) is 11.4. The molecule has 0 unspecified atom stereocenters. The zero-order chi connectivity index (χ0) is 12.9. The molecule has 5 heteroatoms. The Kier molecular flexibility index (Phi) is 9.69. The summed E-state index contributed by atoms with van der Waals surface area (Å²) in [6.07, 6.45) is 1.77. The highest BCUT2D eigenvalue weighted by atomic mass is 28.2. The Balaban J connectivity index is 1.82. The molecule has 4 nitrogen and oxygen atoms in total. The van der Waals surface area contributed by atoms with Gasteiger partial charge in [0.1, 0.15) is 0 Å². The normalized spacial score (nSPS) is 11.4. The van der Waals surface area contributed by atoms with E-state index in [0.717, 1.165) is 19.4 Å². The molecule has 0 fully saturated rings. The molecule has 0 bridgehead atoms. The van der Waals surface area contributed by atoms with Crippen molar-refractivity contribution in [3.63, 3.8) is 0 Å². The molecule has 1 rings (SSSR count). The minimum Gasteiger partial charge on any atom is -0.415 e. The van der Waals surface area contributed by atoms with E-state index < -0.39 is 10.0 Å². The summed E-state index contributed by atoms with van der Waals surface area (Å²) in [5.74, 6) is 0. The highest BCUT2D eigenvalue weighted by Crippen LogP contribution is 1.99. The number of rotatable bonds is 11. The van der Waals surface area contributed by atoms with Crippen LogP contribution in [-0.2, 0) is 20.3 Å². The van der Waals surface area contributed by atoms with E-state index in [1.54, 1.807) is 0 Å². The zero-order valence-corrected chi connectivity index (χ0v) is 12.1. The average Bonchev–Trinajstić information content (AvgIpc) is 2.42. The largest absolute Gasteiger partial charge is 0.415 e. The van der Waals surface area contributed by atoms with Gasteiger partial charge in [-0.2, -0.15) is 0 Å². The van der Waals surface area contributed by atoms with Gasteiger partial charge >= 0.3 is 10.0 Å². The van der Waals surface area contributed by atoms with Crippen LogP contribution in [0, 0.1) is 0 Å². The van der Waals surface area contributed by atoms with Crippen LogP contribution in [0.4, 0.5) is 0 Å². The minimum atomic E-state index is -1.24. The molecule has 0 atom stereocenters. The molecule has 1 aromatic carbocycles. The number of hydrogen-bond acceptors (Lipinski definition) is 4. The monoisotopic (exact) mass is 270 g/mol. The standard InChI is InChI=1S/C13H22O4Si/c14-18-17-9-4-8-15-11-12-16-10-7-13-5-2-1-3-6-13/h1-3,5-6,14H,4,7-12,18H2. The molecule has 0 spiro atoms. The van der Waals surface area contributed by atoms with Crippen molar-refractivity contribution in [1.82, 2.24) is 0 Å². The highest BCUT2D eigenvalue weighted by molar-refractivity contribution is 6.15. The lowest BCUT2D eigenvalue weighted by molar-refractivity contribution is 0.0442. The number of benzene rings is 1. The van der Waals surface area contributed by atoms with Crippen molar-refractivity contribution >= 4 is 10.0 Å². The van der Waals surface area contributed by atoms with Crippen LogP contribution in [0.15, 0.2) is 30.3 Å². The zero-order valence-electron chi connectivity index (χ0n) is 10.7. The van der Waals surface area contributed by atoms with Crippen LogP contribution in [0.2, 0.25) is 0 Å². The second-order valence-electron chi connectivity index (χ2n) is 3.85. The molecule has 0 saturated carbocycles. The summed E-state index contributed by atoms with van der Waals surface area (Å²) in [5.41, 5.74) is 1.30. The molecule has 0 saturated heterocycles. The van der Waals surface area contributed by atoms with Gasteiger partial charge in [-0.15, -0.1) is 0 Å². The van der Waals surface area contributed by atoms with Crippen LogP contribution >= 0.6 is 0 Å². The van der Waals surface area contributed by atoms with Crippen LogP contribution in [0.1, 0.15) is 12.0 Å². The topological polar surface area (TPSA) is 47.9 Å². The van der Waals surface area contributed by atoms with Crippen molar-refractivity contribution in [3.05, 3.63) is 35.9 Å². The number of ether oxygens (including phenoxy) is 2. The van der Waals surface area contributed by atoms with E-state index in [1.165, 1.54) is 5.56 Å². The van der Waals surface area contributed by atoms with Crippen molar-refractivity contribution in [2.24, 2.45) is 0 Å². The molecular weight excluding hydrogens is 248 g/mol. The Hall–Kier alpha value is -0.723. The Labute approximate surface area is 111 Å². The van der Waals surface area contributed by atoms with Crippen LogP contribution in [0.5, 0.6) is 0 Å². The molecule has 0 heterocycles. The third-order valence-electron chi connectivity index (χ3n) is 2.42.